The van der Waals surface area contributed by atoms with E-state index >= 15 is 0 Å². The fraction of sp³-hybridized carbons (Fsp3) is 0.600. The maximum Gasteiger partial charge on any atom is 0.241 e. The minimum Gasteiger partial charge on any atom is -0.399 e. The van der Waals surface area contributed by atoms with Gasteiger partial charge in [0, 0.05) is 17.3 Å². The van der Waals surface area contributed by atoms with E-state index in [2.05, 4.69) is 4.72 Å². The first-order valence-electron chi connectivity index (χ1n) is 7.39. The lowest BCUT2D eigenvalue weighted by Gasteiger charge is -2.28. The summed E-state index contributed by atoms with van der Waals surface area (Å²) in [6.07, 6.45) is 5.57. The monoisotopic (exact) mass is 314 g/mol. The minimum atomic E-state index is -3.75. The molecule has 1 atom stereocenters. The molecular weight excluding hydrogens is 291 g/mol. The molecule has 0 aromatic heterocycles. The number of nitrogen functional groups attached to an aromatic ring is 1. The molecule has 4 nitrogen and oxygen atoms in total. The molecule has 1 fully saturated rings. The van der Waals surface area contributed by atoms with Gasteiger partial charge in [0.05, 0.1) is 4.90 Å². The van der Waals surface area contributed by atoms with Gasteiger partial charge in [-0.25, -0.2) is 17.5 Å². The number of sulfonamides is 1. The Morgan fingerprint density at radius 1 is 1.29 bits per heavy atom. The molecule has 0 bridgehead atoms. The molecule has 0 aliphatic heterocycles. The van der Waals surface area contributed by atoms with Crippen molar-refractivity contribution in [2.75, 3.05) is 5.73 Å². The summed E-state index contributed by atoms with van der Waals surface area (Å²) in [5.74, 6) is -0.250. The van der Waals surface area contributed by atoms with Crippen LogP contribution in [0.15, 0.2) is 17.0 Å². The molecule has 1 aliphatic rings. The fourth-order valence-electron chi connectivity index (χ4n) is 2.99. The molecule has 0 spiro atoms. The highest BCUT2D eigenvalue weighted by Crippen LogP contribution is 2.28. The predicted molar refractivity (Wildman–Crippen MR) is 81.9 cm³/mol. The third kappa shape index (κ3) is 3.74. The molecule has 0 amide bonds. The summed E-state index contributed by atoms with van der Waals surface area (Å²) < 4.78 is 41.3. The second kappa shape index (κ2) is 6.32. The normalized spacial score (nSPS) is 18.6. The molecule has 1 saturated carbocycles. The zero-order valence-electron chi connectivity index (χ0n) is 12.5. The van der Waals surface area contributed by atoms with E-state index in [4.69, 9.17) is 5.73 Å². The highest BCUT2D eigenvalue weighted by atomic mass is 32.2. The Labute approximate surface area is 126 Å². The first kappa shape index (κ1) is 16.2. The number of nitrogens with two attached hydrogens (primary N) is 1. The predicted octanol–water partition coefficient (Wildman–Crippen LogP) is 2.96. The minimum absolute atomic E-state index is 0.0670. The fourth-order valence-corrected chi connectivity index (χ4v) is 4.59. The van der Waals surface area contributed by atoms with Crippen molar-refractivity contribution >= 4 is 15.7 Å². The topological polar surface area (TPSA) is 72.2 Å². The smallest absolute Gasteiger partial charge is 0.241 e. The number of rotatable bonds is 4. The van der Waals surface area contributed by atoms with Crippen LogP contribution in [0.5, 0.6) is 0 Å². The van der Waals surface area contributed by atoms with Crippen molar-refractivity contribution in [1.82, 2.24) is 4.72 Å². The summed E-state index contributed by atoms with van der Waals surface area (Å²) >= 11 is 0. The summed E-state index contributed by atoms with van der Waals surface area (Å²) in [5.41, 5.74) is 5.79. The van der Waals surface area contributed by atoms with Crippen molar-refractivity contribution < 1.29 is 12.8 Å². The van der Waals surface area contributed by atoms with Crippen molar-refractivity contribution in [2.45, 2.75) is 56.9 Å². The lowest BCUT2D eigenvalue weighted by atomic mass is 9.85. The second-order valence-corrected chi connectivity index (χ2v) is 7.62. The third-order valence-corrected chi connectivity index (χ3v) is 5.99. The van der Waals surface area contributed by atoms with Gasteiger partial charge in [-0.1, -0.05) is 19.3 Å². The van der Waals surface area contributed by atoms with E-state index in [1.165, 1.54) is 19.4 Å². The Hall–Kier alpha value is -1.14. The molecule has 0 saturated heterocycles. The van der Waals surface area contributed by atoms with Crippen LogP contribution in [0.4, 0.5) is 10.1 Å². The molecule has 0 heterocycles. The van der Waals surface area contributed by atoms with Gasteiger partial charge in [-0.2, -0.15) is 0 Å². The van der Waals surface area contributed by atoms with E-state index in [9.17, 15) is 12.8 Å². The summed E-state index contributed by atoms with van der Waals surface area (Å²) in [4.78, 5) is -0.0670. The molecule has 1 unspecified atom stereocenters. The van der Waals surface area contributed by atoms with E-state index in [1.54, 1.807) is 0 Å². The van der Waals surface area contributed by atoms with Crippen molar-refractivity contribution in [1.29, 1.82) is 0 Å². The number of hydrogen-bond acceptors (Lipinski definition) is 3. The lowest BCUT2D eigenvalue weighted by Crippen LogP contribution is -2.39. The number of halogens is 1. The van der Waals surface area contributed by atoms with Gasteiger partial charge >= 0.3 is 0 Å². The highest BCUT2D eigenvalue weighted by molar-refractivity contribution is 7.89. The van der Waals surface area contributed by atoms with E-state index in [1.807, 2.05) is 6.92 Å². The van der Waals surface area contributed by atoms with Crippen molar-refractivity contribution in [2.24, 2.45) is 5.92 Å². The van der Waals surface area contributed by atoms with Crippen molar-refractivity contribution in [3.63, 3.8) is 0 Å². The van der Waals surface area contributed by atoms with Crippen LogP contribution in [0.3, 0.4) is 0 Å². The van der Waals surface area contributed by atoms with Gasteiger partial charge in [0.15, 0.2) is 0 Å². The van der Waals surface area contributed by atoms with Gasteiger partial charge in [0.1, 0.15) is 5.82 Å². The quantitative estimate of drug-likeness (QED) is 0.839. The van der Waals surface area contributed by atoms with Crippen LogP contribution in [0.1, 0.15) is 44.6 Å². The third-order valence-electron chi connectivity index (χ3n) is 4.31. The van der Waals surface area contributed by atoms with Crippen LogP contribution in [-0.4, -0.2) is 14.5 Å². The highest BCUT2D eigenvalue weighted by Gasteiger charge is 2.27. The average molecular weight is 314 g/mol. The van der Waals surface area contributed by atoms with Crippen molar-refractivity contribution in [3.05, 3.63) is 23.5 Å². The molecule has 0 radical (unpaired) electrons. The van der Waals surface area contributed by atoms with Gasteiger partial charge in [0.25, 0.3) is 0 Å². The van der Waals surface area contributed by atoms with Crippen molar-refractivity contribution in [3.8, 4) is 0 Å². The molecule has 1 aromatic rings. The molecule has 21 heavy (non-hydrogen) atoms. The van der Waals surface area contributed by atoms with E-state index in [0.717, 1.165) is 31.7 Å². The van der Waals surface area contributed by atoms with Gasteiger partial charge in [-0.3, -0.25) is 0 Å². The molecule has 1 aliphatic carbocycles. The Kier molecular flexibility index (Phi) is 4.88. The van der Waals surface area contributed by atoms with Crippen LogP contribution in [0, 0.1) is 18.7 Å². The molecule has 118 valence electrons. The van der Waals surface area contributed by atoms with Crippen LogP contribution in [0.25, 0.3) is 0 Å². The Bertz CT molecular complexity index is 610. The molecule has 3 N–H and O–H groups in total. The first-order valence-corrected chi connectivity index (χ1v) is 8.87. The molecule has 2 rings (SSSR count). The maximum absolute atomic E-state index is 13.7. The van der Waals surface area contributed by atoms with Gasteiger partial charge in [-0.05, 0) is 44.7 Å². The van der Waals surface area contributed by atoms with Crippen LogP contribution < -0.4 is 10.5 Å². The van der Waals surface area contributed by atoms with Gasteiger partial charge < -0.3 is 5.73 Å². The Morgan fingerprint density at radius 2 is 1.90 bits per heavy atom. The van der Waals surface area contributed by atoms with E-state index in [-0.39, 0.29) is 22.2 Å². The van der Waals surface area contributed by atoms with Crippen LogP contribution in [-0.2, 0) is 10.0 Å². The van der Waals surface area contributed by atoms with E-state index in [0.29, 0.717) is 5.92 Å². The summed E-state index contributed by atoms with van der Waals surface area (Å²) in [7, 11) is -3.75. The zero-order valence-corrected chi connectivity index (χ0v) is 13.3. The average Bonchev–Trinajstić information content (AvgIpc) is 2.43. The van der Waals surface area contributed by atoms with E-state index < -0.39 is 15.8 Å². The number of benzene rings is 1. The largest absolute Gasteiger partial charge is 0.399 e. The molecule has 1 aromatic carbocycles. The summed E-state index contributed by atoms with van der Waals surface area (Å²) in [6.45, 7) is 3.33. The van der Waals surface area contributed by atoms with Gasteiger partial charge in [-0.15, -0.1) is 0 Å². The zero-order chi connectivity index (χ0) is 15.6. The second-order valence-electron chi connectivity index (χ2n) is 5.93. The number of nitrogens with one attached hydrogen (secondary N) is 1. The van der Waals surface area contributed by atoms with Crippen LogP contribution in [0.2, 0.25) is 0 Å². The maximum atomic E-state index is 13.7. The van der Waals surface area contributed by atoms with Gasteiger partial charge in [0.2, 0.25) is 10.0 Å². The number of anilines is 1. The molecule has 6 heteroatoms. The standard InChI is InChI=1S/C15H23FN2O2S/c1-10-14(16)8-13(17)9-15(10)21(19,20)18-11(2)12-6-4-3-5-7-12/h8-9,11-12,18H,3-7,17H2,1-2H3. The SMILES string of the molecule is Cc1c(F)cc(N)cc1S(=O)(=O)NC(C)C1CCCCC1. The first-order chi connectivity index (χ1) is 9.81. The van der Waals surface area contributed by atoms with Crippen LogP contribution >= 0.6 is 0 Å². The number of hydrogen-bond donors (Lipinski definition) is 2. The molecular formula is C15H23FN2O2S. The summed E-state index contributed by atoms with van der Waals surface area (Å²) in [6, 6.07) is 2.30. The Morgan fingerprint density at radius 3 is 2.52 bits per heavy atom. The summed E-state index contributed by atoms with van der Waals surface area (Å²) in [5, 5.41) is 0. The lowest BCUT2D eigenvalue weighted by molar-refractivity contribution is 0.303. The Balaban J connectivity index is 2.22.